The number of benzene rings is 2. The highest BCUT2D eigenvalue weighted by molar-refractivity contribution is 5.75. The van der Waals surface area contributed by atoms with E-state index in [0.717, 1.165) is 16.9 Å². The van der Waals surface area contributed by atoms with Gasteiger partial charge in [0.2, 0.25) is 0 Å². The monoisotopic (exact) mass is 208 g/mol. The number of para-hydroxylation sites is 1. The van der Waals surface area contributed by atoms with Crippen LogP contribution < -0.4 is 4.74 Å². The van der Waals surface area contributed by atoms with Crippen LogP contribution in [0.2, 0.25) is 0 Å². The Hall–Kier alpha value is -2.27. The minimum Gasteiger partial charge on any atom is -0.496 e. The van der Waals surface area contributed by atoms with E-state index >= 15 is 0 Å². The van der Waals surface area contributed by atoms with Crippen molar-refractivity contribution in [2.75, 3.05) is 7.11 Å². The molecule has 2 aromatic carbocycles. The zero-order chi connectivity index (χ0) is 11.4. The van der Waals surface area contributed by atoms with Crippen LogP contribution >= 0.6 is 0 Å². The Balaban J connectivity index is 2.64. The van der Waals surface area contributed by atoms with Gasteiger partial charge in [0.15, 0.2) is 0 Å². The molecular weight excluding hydrogens is 198 g/mol. The van der Waals surface area contributed by atoms with Crippen LogP contribution in [0.25, 0.3) is 11.1 Å². The van der Waals surface area contributed by atoms with E-state index in [0.29, 0.717) is 5.56 Å². The lowest BCUT2D eigenvalue weighted by Gasteiger charge is -2.08. The second-order valence-corrected chi connectivity index (χ2v) is 3.27. The van der Waals surface area contributed by atoms with Gasteiger partial charge in [0, 0.05) is 17.2 Å². The largest absolute Gasteiger partial charge is 0.496 e. The molecule has 0 atom stereocenters. The molecule has 0 fully saturated rings. The van der Waals surface area contributed by atoms with Crippen molar-refractivity contribution in [1.29, 1.82) is 5.26 Å². The topological polar surface area (TPSA) is 33.0 Å². The van der Waals surface area contributed by atoms with Crippen molar-refractivity contribution in [2.45, 2.75) is 0 Å². The molecule has 16 heavy (non-hydrogen) atoms. The van der Waals surface area contributed by atoms with Crippen LogP contribution in [0, 0.1) is 17.4 Å². The molecule has 2 aromatic rings. The van der Waals surface area contributed by atoms with Crippen LogP contribution in [0.1, 0.15) is 5.56 Å². The van der Waals surface area contributed by atoms with Crippen LogP contribution in [0.4, 0.5) is 0 Å². The zero-order valence-corrected chi connectivity index (χ0v) is 8.90. The van der Waals surface area contributed by atoms with Gasteiger partial charge in [-0.3, -0.25) is 0 Å². The highest BCUT2D eigenvalue weighted by atomic mass is 16.5. The molecule has 0 spiro atoms. The molecule has 0 aromatic heterocycles. The van der Waals surface area contributed by atoms with Gasteiger partial charge in [-0.05, 0) is 6.07 Å². The first-order valence-electron chi connectivity index (χ1n) is 4.91. The molecule has 2 rings (SSSR count). The smallest absolute Gasteiger partial charge is 0.126 e. The quantitative estimate of drug-likeness (QED) is 0.760. The van der Waals surface area contributed by atoms with E-state index in [1.165, 1.54) is 0 Å². The lowest BCUT2D eigenvalue weighted by Crippen LogP contribution is -1.89. The van der Waals surface area contributed by atoms with Crippen LogP contribution in [-0.4, -0.2) is 7.11 Å². The van der Waals surface area contributed by atoms with E-state index in [1.807, 2.05) is 36.4 Å². The molecule has 0 saturated carbocycles. The van der Waals surface area contributed by atoms with E-state index in [9.17, 15) is 0 Å². The maximum atomic E-state index is 9.02. The Morgan fingerprint density at radius 2 is 1.88 bits per heavy atom. The summed E-state index contributed by atoms with van der Waals surface area (Å²) in [5, 5.41) is 9.02. The van der Waals surface area contributed by atoms with Gasteiger partial charge in [-0.15, -0.1) is 0 Å². The molecule has 2 heteroatoms. The third-order valence-electron chi connectivity index (χ3n) is 2.37. The maximum absolute atomic E-state index is 9.02. The van der Waals surface area contributed by atoms with Crippen molar-refractivity contribution >= 4 is 0 Å². The maximum Gasteiger partial charge on any atom is 0.126 e. The number of methoxy groups -OCH3 is 1. The number of nitrogens with zero attached hydrogens (tertiary/aromatic N) is 1. The molecule has 0 saturated heterocycles. The summed E-state index contributed by atoms with van der Waals surface area (Å²) in [6, 6.07) is 18.2. The van der Waals surface area contributed by atoms with Gasteiger partial charge in [-0.1, -0.05) is 36.4 Å². The highest BCUT2D eigenvalue weighted by Gasteiger charge is 2.08. The number of nitriles is 1. The van der Waals surface area contributed by atoms with Gasteiger partial charge in [-0.2, -0.15) is 5.26 Å². The first kappa shape index (κ1) is 10.3. The van der Waals surface area contributed by atoms with E-state index in [1.54, 1.807) is 13.2 Å². The third-order valence-corrected chi connectivity index (χ3v) is 2.37. The first-order valence-corrected chi connectivity index (χ1v) is 4.91. The molecule has 77 valence electrons. The fraction of sp³-hybridized carbons (Fsp3) is 0.0714. The first-order chi connectivity index (χ1) is 7.86. The normalized spacial score (nSPS) is 9.50. The van der Waals surface area contributed by atoms with E-state index in [2.05, 4.69) is 12.1 Å². The second-order valence-electron chi connectivity index (χ2n) is 3.27. The molecular formula is C14H10NO. The Morgan fingerprint density at radius 3 is 2.62 bits per heavy atom. The van der Waals surface area contributed by atoms with Gasteiger partial charge in [0.05, 0.1) is 12.7 Å². The Labute approximate surface area is 94.7 Å². The van der Waals surface area contributed by atoms with Gasteiger partial charge < -0.3 is 4.74 Å². The Morgan fingerprint density at radius 1 is 1.12 bits per heavy atom. The van der Waals surface area contributed by atoms with Crippen LogP contribution in [0.3, 0.4) is 0 Å². The van der Waals surface area contributed by atoms with Crippen LogP contribution in [-0.2, 0) is 0 Å². The minimum absolute atomic E-state index is 0.534. The van der Waals surface area contributed by atoms with E-state index in [-0.39, 0.29) is 0 Å². The zero-order valence-electron chi connectivity index (χ0n) is 8.90. The predicted molar refractivity (Wildman–Crippen MR) is 62.0 cm³/mol. The molecule has 2 nitrogen and oxygen atoms in total. The average molecular weight is 208 g/mol. The summed E-state index contributed by atoms with van der Waals surface area (Å²) < 4.78 is 5.28. The van der Waals surface area contributed by atoms with Gasteiger partial charge in [-0.25, -0.2) is 0 Å². The molecule has 0 N–H and O–H groups in total. The summed E-state index contributed by atoms with van der Waals surface area (Å²) in [6.45, 7) is 0. The molecule has 0 amide bonds. The fourth-order valence-corrected chi connectivity index (χ4v) is 1.62. The van der Waals surface area contributed by atoms with E-state index < -0.39 is 0 Å². The SMILES string of the molecule is COc1ccccc1-c1ccc[c]c1C#N. The standard InChI is InChI=1S/C14H10NO/c1-16-14-9-5-4-8-13(14)12-7-3-2-6-11(12)10-15/h2-5,7-9H,1H3. The van der Waals surface area contributed by atoms with Gasteiger partial charge >= 0.3 is 0 Å². The minimum atomic E-state index is 0.534. The average Bonchev–Trinajstić information content (AvgIpc) is 2.38. The Kier molecular flexibility index (Phi) is 2.88. The van der Waals surface area contributed by atoms with Gasteiger partial charge in [0.25, 0.3) is 0 Å². The Bertz CT molecular complexity index is 540. The van der Waals surface area contributed by atoms with Crippen LogP contribution in [0.5, 0.6) is 5.75 Å². The van der Waals surface area contributed by atoms with Crippen LogP contribution in [0.15, 0.2) is 42.5 Å². The van der Waals surface area contributed by atoms with Crippen molar-refractivity contribution in [3.63, 3.8) is 0 Å². The number of rotatable bonds is 2. The summed E-state index contributed by atoms with van der Waals surface area (Å²) in [4.78, 5) is 0. The fourth-order valence-electron chi connectivity index (χ4n) is 1.62. The summed E-state index contributed by atoms with van der Waals surface area (Å²) in [5.74, 6) is 0.763. The molecule has 0 unspecified atom stereocenters. The highest BCUT2D eigenvalue weighted by Crippen LogP contribution is 2.31. The summed E-state index contributed by atoms with van der Waals surface area (Å²) in [7, 11) is 1.62. The molecule has 0 aliphatic carbocycles. The second kappa shape index (κ2) is 4.50. The molecule has 0 aliphatic rings. The number of hydrogen-bond donors (Lipinski definition) is 0. The van der Waals surface area contributed by atoms with E-state index in [4.69, 9.17) is 10.00 Å². The lowest BCUT2D eigenvalue weighted by molar-refractivity contribution is 0.416. The van der Waals surface area contributed by atoms with Crippen molar-refractivity contribution in [3.05, 3.63) is 54.1 Å². The number of ether oxygens (including phenoxy) is 1. The summed E-state index contributed by atoms with van der Waals surface area (Å²) in [6.07, 6.45) is 0. The van der Waals surface area contributed by atoms with Crippen molar-refractivity contribution < 1.29 is 4.74 Å². The van der Waals surface area contributed by atoms with Gasteiger partial charge in [0.1, 0.15) is 11.8 Å². The molecule has 1 radical (unpaired) electrons. The third kappa shape index (κ3) is 1.76. The number of hydrogen-bond acceptors (Lipinski definition) is 2. The summed E-state index contributed by atoms with van der Waals surface area (Å²) in [5.41, 5.74) is 2.30. The molecule has 0 bridgehead atoms. The predicted octanol–water partition coefficient (Wildman–Crippen LogP) is 3.03. The molecule has 0 heterocycles. The lowest BCUT2D eigenvalue weighted by atomic mass is 10.00. The molecule has 0 aliphatic heterocycles. The van der Waals surface area contributed by atoms with Crippen molar-refractivity contribution in [2.24, 2.45) is 0 Å². The van der Waals surface area contributed by atoms with Crippen molar-refractivity contribution in [1.82, 2.24) is 0 Å². The van der Waals surface area contributed by atoms with Crippen molar-refractivity contribution in [3.8, 4) is 22.9 Å². The summed E-state index contributed by atoms with van der Waals surface area (Å²) >= 11 is 0.